The summed E-state index contributed by atoms with van der Waals surface area (Å²) in [6.07, 6.45) is 0. The van der Waals surface area contributed by atoms with Crippen LogP contribution in [0.15, 0.2) is 52.9 Å². The predicted molar refractivity (Wildman–Crippen MR) is 117 cm³/mol. The molecule has 3 aromatic rings. The molecule has 2 fully saturated rings. The van der Waals surface area contributed by atoms with E-state index in [0.29, 0.717) is 37.3 Å². The number of amides is 2. The highest BCUT2D eigenvalue weighted by molar-refractivity contribution is 5.95. The minimum Gasteiger partial charge on any atom is -0.446 e. The molecule has 2 aromatic carbocycles. The van der Waals surface area contributed by atoms with E-state index in [1.54, 1.807) is 15.9 Å². The van der Waals surface area contributed by atoms with Crippen molar-refractivity contribution in [3.8, 4) is 17.2 Å². The fourth-order valence-corrected chi connectivity index (χ4v) is 4.14. The van der Waals surface area contributed by atoms with Gasteiger partial charge in [0.05, 0.1) is 13.2 Å². The van der Waals surface area contributed by atoms with E-state index in [2.05, 4.69) is 0 Å². The molecule has 0 aliphatic carbocycles. The Hall–Kier alpha value is -3.67. The highest BCUT2D eigenvalue weighted by atomic mass is 16.5. The Balaban J connectivity index is 1.25. The fourth-order valence-electron chi connectivity index (χ4n) is 4.14. The summed E-state index contributed by atoms with van der Waals surface area (Å²) in [7, 11) is 0. The normalized spacial score (nSPS) is 17.6. The van der Waals surface area contributed by atoms with Crippen LogP contribution in [0.5, 0.6) is 0 Å². The molecule has 2 aliphatic heterocycles. The third-order valence-electron chi connectivity index (χ3n) is 6.09. The maximum atomic E-state index is 12.9. The molecule has 2 aliphatic rings. The summed E-state index contributed by atoms with van der Waals surface area (Å²) in [6, 6.07) is 16.9. The van der Waals surface area contributed by atoms with Gasteiger partial charge in [0.1, 0.15) is 17.2 Å². The molecule has 8 nitrogen and oxygen atoms in total. The summed E-state index contributed by atoms with van der Waals surface area (Å²) in [5, 5.41) is 9.86. The minimum absolute atomic E-state index is 0.0537. The number of nitrogens with two attached hydrogens (primary N) is 1. The van der Waals surface area contributed by atoms with Crippen molar-refractivity contribution in [3.63, 3.8) is 0 Å². The molecule has 162 valence electrons. The molecule has 0 bridgehead atoms. The second-order valence-corrected chi connectivity index (χ2v) is 8.29. The standard InChI is InChI=1S/C24H22N4O4/c25-13-20-12-19-11-18(5-6-21(19)32-20)16-1-3-17(4-2-16)22(29)27-7-9-28(10-8-27)23(30)24(26)14-31-15-24/h1-6,11-12H,7-10,14-15,26H2. The molecule has 0 spiro atoms. The number of carbonyl (C=O) groups is 2. The monoisotopic (exact) mass is 430 g/mol. The van der Waals surface area contributed by atoms with Gasteiger partial charge in [-0.2, -0.15) is 5.26 Å². The number of ether oxygens (including phenoxy) is 1. The molecule has 8 heteroatoms. The molecule has 3 heterocycles. The first-order chi connectivity index (χ1) is 15.5. The third-order valence-corrected chi connectivity index (χ3v) is 6.09. The molecule has 5 rings (SSSR count). The maximum absolute atomic E-state index is 12.9. The first-order valence-electron chi connectivity index (χ1n) is 10.5. The second-order valence-electron chi connectivity index (χ2n) is 8.29. The van der Waals surface area contributed by atoms with E-state index >= 15 is 0 Å². The van der Waals surface area contributed by atoms with Crippen molar-refractivity contribution in [1.82, 2.24) is 9.80 Å². The van der Waals surface area contributed by atoms with Crippen LogP contribution < -0.4 is 5.73 Å². The number of hydrogen-bond donors (Lipinski definition) is 1. The molecule has 32 heavy (non-hydrogen) atoms. The number of nitrogens with zero attached hydrogens (tertiary/aromatic N) is 3. The van der Waals surface area contributed by atoms with Crippen LogP contribution in [0, 0.1) is 11.3 Å². The van der Waals surface area contributed by atoms with Crippen LogP contribution in [0.1, 0.15) is 16.1 Å². The highest BCUT2D eigenvalue weighted by Crippen LogP contribution is 2.27. The van der Waals surface area contributed by atoms with E-state index in [1.807, 2.05) is 48.5 Å². The number of rotatable bonds is 3. The molecule has 0 saturated carbocycles. The van der Waals surface area contributed by atoms with E-state index < -0.39 is 5.54 Å². The first kappa shape index (κ1) is 20.2. The molecule has 2 saturated heterocycles. The lowest BCUT2D eigenvalue weighted by Gasteiger charge is -2.43. The lowest BCUT2D eigenvalue weighted by Crippen LogP contribution is -2.68. The predicted octanol–water partition coefficient (Wildman–Crippen LogP) is 1.98. The zero-order chi connectivity index (χ0) is 22.3. The van der Waals surface area contributed by atoms with Gasteiger partial charge in [-0.15, -0.1) is 0 Å². The maximum Gasteiger partial charge on any atom is 0.253 e. The van der Waals surface area contributed by atoms with Crippen LogP contribution in [0.4, 0.5) is 0 Å². The number of hydrogen-bond acceptors (Lipinski definition) is 6. The summed E-state index contributed by atoms with van der Waals surface area (Å²) < 4.78 is 10.5. The molecule has 2 amide bonds. The average molecular weight is 430 g/mol. The SMILES string of the molecule is N#Cc1cc2cc(-c3ccc(C(=O)N4CCN(C(=O)C5(N)COC5)CC4)cc3)ccc2o1. The van der Waals surface area contributed by atoms with Crippen molar-refractivity contribution in [1.29, 1.82) is 5.26 Å². The van der Waals surface area contributed by atoms with E-state index in [1.165, 1.54) is 0 Å². The fraction of sp³-hybridized carbons (Fsp3) is 0.292. The summed E-state index contributed by atoms with van der Waals surface area (Å²) in [4.78, 5) is 28.9. The number of piperazine rings is 1. The van der Waals surface area contributed by atoms with Gasteiger partial charge in [0.2, 0.25) is 11.7 Å². The summed E-state index contributed by atoms with van der Waals surface area (Å²) in [6.45, 7) is 2.39. The number of carbonyl (C=O) groups excluding carboxylic acids is 2. The van der Waals surface area contributed by atoms with E-state index in [-0.39, 0.29) is 30.8 Å². The Morgan fingerprint density at radius 1 is 0.938 bits per heavy atom. The number of furan rings is 1. The molecule has 0 unspecified atom stereocenters. The largest absolute Gasteiger partial charge is 0.446 e. The molecule has 0 radical (unpaired) electrons. The van der Waals surface area contributed by atoms with Gasteiger partial charge in [0.25, 0.3) is 5.91 Å². The van der Waals surface area contributed by atoms with Gasteiger partial charge in [-0.3, -0.25) is 9.59 Å². The van der Waals surface area contributed by atoms with E-state index in [9.17, 15) is 9.59 Å². The van der Waals surface area contributed by atoms with Crippen molar-refractivity contribution >= 4 is 22.8 Å². The van der Waals surface area contributed by atoms with Crippen molar-refractivity contribution in [3.05, 3.63) is 59.9 Å². The lowest BCUT2D eigenvalue weighted by atomic mass is 9.96. The Kier molecular flexibility index (Phi) is 4.93. The van der Waals surface area contributed by atoms with Crippen LogP contribution in [0.3, 0.4) is 0 Å². The molecule has 1 aromatic heterocycles. The van der Waals surface area contributed by atoms with Crippen molar-refractivity contribution in [2.45, 2.75) is 5.54 Å². The molecular weight excluding hydrogens is 408 g/mol. The number of benzene rings is 2. The van der Waals surface area contributed by atoms with E-state index in [4.69, 9.17) is 20.1 Å². The van der Waals surface area contributed by atoms with Gasteiger partial charge < -0.3 is 24.7 Å². The summed E-state index contributed by atoms with van der Waals surface area (Å²) >= 11 is 0. The Labute approximate surface area is 184 Å². The average Bonchev–Trinajstić information content (AvgIpc) is 3.24. The minimum atomic E-state index is -0.905. The summed E-state index contributed by atoms with van der Waals surface area (Å²) in [5.41, 5.74) is 8.36. The number of fused-ring (bicyclic) bond motifs is 1. The zero-order valence-corrected chi connectivity index (χ0v) is 17.4. The van der Waals surface area contributed by atoms with Gasteiger partial charge in [-0.25, -0.2) is 0 Å². The third kappa shape index (κ3) is 3.51. The van der Waals surface area contributed by atoms with Crippen LogP contribution in [0.25, 0.3) is 22.1 Å². The van der Waals surface area contributed by atoms with Gasteiger partial charge in [0.15, 0.2) is 0 Å². The Morgan fingerprint density at radius 3 is 2.22 bits per heavy atom. The van der Waals surface area contributed by atoms with Crippen LogP contribution in [-0.4, -0.2) is 66.5 Å². The smallest absolute Gasteiger partial charge is 0.253 e. The highest BCUT2D eigenvalue weighted by Gasteiger charge is 2.45. The lowest BCUT2D eigenvalue weighted by molar-refractivity contribution is -0.155. The van der Waals surface area contributed by atoms with Crippen LogP contribution in [-0.2, 0) is 9.53 Å². The van der Waals surface area contributed by atoms with Crippen LogP contribution in [0.2, 0.25) is 0 Å². The van der Waals surface area contributed by atoms with Gasteiger partial charge in [0, 0.05) is 43.2 Å². The molecule has 0 atom stereocenters. The van der Waals surface area contributed by atoms with Gasteiger partial charge >= 0.3 is 0 Å². The Bertz CT molecular complexity index is 1230. The van der Waals surface area contributed by atoms with Gasteiger partial charge in [-0.1, -0.05) is 18.2 Å². The molecular formula is C24H22N4O4. The quantitative estimate of drug-likeness (QED) is 0.680. The van der Waals surface area contributed by atoms with Crippen molar-refractivity contribution in [2.75, 3.05) is 39.4 Å². The van der Waals surface area contributed by atoms with Crippen LogP contribution >= 0.6 is 0 Å². The molecule has 2 N–H and O–H groups in total. The second kappa shape index (κ2) is 7.79. The van der Waals surface area contributed by atoms with Gasteiger partial charge in [-0.05, 0) is 35.4 Å². The number of nitriles is 1. The zero-order valence-electron chi connectivity index (χ0n) is 17.4. The van der Waals surface area contributed by atoms with Crippen molar-refractivity contribution < 1.29 is 18.7 Å². The van der Waals surface area contributed by atoms with E-state index in [0.717, 1.165) is 16.5 Å². The Morgan fingerprint density at radius 2 is 1.59 bits per heavy atom. The summed E-state index contributed by atoms with van der Waals surface area (Å²) in [5.74, 6) is 0.126. The van der Waals surface area contributed by atoms with Crippen molar-refractivity contribution in [2.24, 2.45) is 5.73 Å². The first-order valence-corrected chi connectivity index (χ1v) is 10.5. The topological polar surface area (TPSA) is 113 Å².